The number of nitrogens with zero attached hydrogens (tertiary/aromatic N) is 1. The summed E-state index contributed by atoms with van der Waals surface area (Å²) >= 11 is 12.3. The second-order valence-corrected chi connectivity index (χ2v) is 7.39. The number of rotatable bonds is 6. The average Bonchev–Trinajstić information content (AvgIpc) is 2.73. The van der Waals surface area contributed by atoms with E-state index in [0.717, 1.165) is 11.1 Å². The van der Waals surface area contributed by atoms with Crippen LogP contribution in [0.2, 0.25) is 10.0 Å². The van der Waals surface area contributed by atoms with Crippen molar-refractivity contribution in [3.63, 3.8) is 0 Å². The lowest BCUT2D eigenvalue weighted by molar-refractivity contribution is -0.112. The lowest BCUT2D eigenvalue weighted by Gasteiger charge is -2.10. The Labute approximate surface area is 185 Å². The van der Waals surface area contributed by atoms with Crippen LogP contribution in [0.1, 0.15) is 16.7 Å². The first-order valence-corrected chi connectivity index (χ1v) is 9.87. The highest BCUT2D eigenvalue weighted by atomic mass is 35.5. The van der Waals surface area contributed by atoms with E-state index in [0.29, 0.717) is 33.7 Å². The number of hydrogen-bond donors (Lipinski definition) is 1. The summed E-state index contributed by atoms with van der Waals surface area (Å²) in [5.74, 6) is 0.0147. The molecule has 1 amide bonds. The fourth-order valence-electron chi connectivity index (χ4n) is 2.73. The normalized spacial score (nSPS) is 10.9. The third kappa shape index (κ3) is 5.64. The molecule has 0 bridgehead atoms. The van der Waals surface area contributed by atoms with Crippen molar-refractivity contribution in [2.24, 2.45) is 0 Å². The minimum absolute atomic E-state index is 0.0260. The van der Waals surface area contributed by atoms with Crippen LogP contribution in [0.5, 0.6) is 5.75 Å². The van der Waals surface area contributed by atoms with Crippen molar-refractivity contribution in [1.82, 2.24) is 0 Å². The molecule has 0 atom stereocenters. The molecular formula is C24H18Cl2N2O2. The minimum atomic E-state index is -0.482. The maximum atomic E-state index is 12.5. The van der Waals surface area contributed by atoms with Crippen molar-refractivity contribution in [3.8, 4) is 11.8 Å². The molecular weight excluding hydrogens is 419 g/mol. The molecule has 30 heavy (non-hydrogen) atoms. The Balaban J connectivity index is 1.72. The van der Waals surface area contributed by atoms with Crippen LogP contribution in [0.3, 0.4) is 0 Å². The van der Waals surface area contributed by atoms with Crippen molar-refractivity contribution in [2.45, 2.75) is 13.5 Å². The molecule has 0 radical (unpaired) electrons. The zero-order chi connectivity index (χ0) is 21.5. The first-order valence-electron chi connectivity index (χ1n) is 9.12. The highest BCUT2D eigenvalue weighted by Crippen LogP contribution is 2.27. The lowest BCUT2D eigenvalue weighted by atomic mass is 10.1. The van der Waals surface area contributed by atoms with Crippen LogP contribution >= 0.6 is 23.2 Å². The Morgan fingerprint density at radius 1 is 1.10 bits per heavy atom. The summed E-state index contributed by atoms with van der Waals surface area (Å²) in [5.41, 5.74) is 3.08. The van der Waals surface area contributed by atoms with Gasteiger partial charge in [0, 0.05) is 10.7 Å². The predicted molar refractivity (Wildman–Crippen MR) is 121 cm³/mol. The summed E-state index contributed by atoms with van der Waals surface area (Å²) in [6, 6.07) is 21.7. The molecule has 3 rings (SSSR count). The van der Waals surface area contributed by atoms with Crippen molar-refractivity contribution >= 4 is 40.9 Å². The quantitative estimate of drug-likeness (QED) is 0.357. The van der Waals surface area contributed by atoms with Gasteiger partial charge in [0.15, 0.2) is 0 Å². The van der Waals surface area contributed by atoms with Gasteiger partial charge >= 0.3 is 0 Å². The smallest absolute Gasteiger partial charge is 0.266 e. The van der Waals surface area contributed by atoms with Crippen LogP contribution in [-0.4, -0.2) is 5.91 Å². The Kier molecular flexibility index (Phi) is 7.13. The van der Waals surface area contributed by atoms with Crippen molar-refractivity contribution < 1.29 is 9.53 Å². The summed E-state index contributed by atoms with van der Waals surface area (Å²) in [5, 5.41) is 13.2. The molecule has 0 heterocycles. The van der Waals surface area contributed by atoms with E-state index >= 15 is 0 Å². The van der Waals surface area contributed by atoms with Gasteiger partial charge in [-0.25, -0.2) is 0 Å². The second-order valence-electron chi connectivity index (χ2n) is 6.55. The molecule has 0 saturated carbocycles. The van der Waals surface area contributed by atoms with E-state index in [4.69, 9.17) is 27.9 Å². The predicted octanol–water partition coefficient (Wildman–Crippen LogP) is 6.43. The van der Waals surface area contributed by atoms with Crippen LogP contribution < -0.4 is 10.1 Å². The first-order chi connectivity index (χ1) is 14.5. The van der Waals surface area contributed by atoms with Gasteiger partial charge in [-0.05, 0) is 60.0 Å². The molecule has 0 saturated heterocycles. The molecule has 3 aromatic rings. The molecule has 0 aliphatic heterocycles. The van der Waals surface area contributed by atoms with Gasteiger partial charge in [-0.3, -0.25) is 4.79 Å². The van der Waals surface area contributed by atoms with Gasteiger partial charge in [0.2, 0.25) is 0 Å². The summed E-state index contributed by atoms with van der Waals surface area (Å²) in [7, 11) is 0. The van der Waals surface area contributed by atoms with E-state index in [1.807, 2.05) is 49.4 Å². The van der Waals surface area contributed by atoms with Gasteiger partial charge in [0.05, 0.1) is 5.02 Å². The van der Waals surface area contributed by atoms with Gasteiger partial charge in [-0.15, -0.1) is 0 Å². The van der Waals surface area contributed by atoms with Gasteiger partial charge in [0.1, 0.15) is 24.0 Å². The SMILES string of the molecule is Cc1ccccc1NC(=O)/C(C#N)=C/c1ccc(OCc2cccc(Cl)c2)c(Cl)c1. The van der Waals surface area contributed by atoms with Crippen LogP contribution in [0.25, 0.3) is 6.08 Å². The number of nitrogens with one attached hydrogen (secondary N) is 1. The molecule has 0 unspecified atom stereocenters. The molecule has 1 N–H and O–H groups in total. The molecule has 0 aliphatic rings. The highest BCUT2D eigenvalue weighted by Gasteiger charge is 2.11. The molecule has 0 spiro atoms. The summed E-state index contributed by atoms with van der Waals surface area (Å²) in [6.45, 7) is 2.20. The van der Waals surface area contributed by atoms with Crippen molar-refractivity contribution in [2.75, 3.05) is 5.32 Å². The zero-order valence-corrected chi connectivity index (χ0v) is 17.7. The summed E-state index contributed by atoms with van der Waals surface area (Å²) < 4.78 is 5.75. The van der Waals surface area contributed by atoms with E-state index in [-0.39, 0.29) is 5.57 Å². The lowest BCUT2D eigenvalue weighted by Crippen LogP contribution is -2.14. The van der Waals surface area contributed by atoms with E-state index < -0.39 is 5.91 Å². The van der Waals surface area contributed by atoms with Crippen LogP contribution in [0.15, 0.2) is 72.3 Å². The molecule has 150 valence electrons. The fraction of sp³-hybridized carbons (Fsp3) is 0.0833. The molecule has 3 aromatic carbocycles. The molecule has 0 aromatic heterocycles. The third-order valence-corrected chi connectivity index (χ3v) is 4.84. The van der Waals surface area contributed by atoms with Gasteiger partial charge < -0.3 is 10.1 Å². The molecule has 0 aliphatic carbocycles. The Bertz CT molecular complexity index is 1150. The van der Waals surface area contributed by atoms with E-state index in [1.165, 1.54) is 6.08 Å². The number of aryl methyl sites for hydroxylation is 1. The molecule has 6 heteroatoms. The Hall–Kier alpha value is -3.26. The van der Waals surface area contributed by atoms with E-state index in [1.54, 1.807) is 30.3 Å². The standard InChI is InChI=1S/C24H18Cl2N2O2/c1-16-5-2-3-8-22(16)28-24(29)19(14-27)11-17-9-10-23(21(26)13-17)30-15-18-6-4-7-20(25)12-18/h2-13H,15H2,1H3,(H,28,29)/b19-11+. The average molecular weight is 437 g/mol. The zero-order valence-electron chi connectivity index (χ0n) is 16.2. The molecule has 4 nitrogen and oxygen atoms in total. The van der Waals surface area contributed by atoms with E-state index in [9.17, 15) is 10.1 Å². The van der Waals surface area contributed by atoms with Crippen LogP contribution in [-0.2, 0) is 11.4 Å². The number of carbonyl (C=O) groups excluding carboxylic acids is 1. The van der Waals surface area contributed by atoms with Crippen molar-refractivity contribution in [3.05, 3.63) is 99.0 Å². The highest BCUT2D eigenvalue weighted by molar-refractivity contribution is 6.32. The number of benzene rings is 3. The number of nitriles is 1. The first kappa shape index (κ1) is 21.4. The minimum Gasteiger partial charge on any atom is -0.487 e. The number of hydrogen-bond acceptors (Lipinski definition) is 3. The van der Waals surface area contributed by atoms with E-state index in [2.05, 4.69) is 5.32 Å². The third-order valence-electron chi connectivity index (χ3n) is 4.31. The van der Waals surface area contributed by atoms with Crippen LogP contribution in [0.4, 0.5) is 5.69 Å². The summed E-state index contributed by atoms with van der Waals surface area (Å²) in [4.78, 5) is 12.5. The topological polar surface area (TPSA) is 62.1 Å². The van der Waals surface area contributed by atoms with Gasteiger partial charge in [0.25, 0.3) is 5.91 Å². The van der Waals surface area contributed by atoms with Gasteiger partial charge in [-0.2, -0.15) is 5.26 Å². The Morgan fingerprint density at radius 3 is 2.60 bits per heavy atom. The second kappa shape index (κ2) is 9.98. The number of halogens is 2. The maximum Gasteiger partial charge on any atom is 0.266 e. The number of ether oxygens (including phenoxy) is 1. The van der Waals surface area contributed by atoms with Gasteiger partial charge in [-0.1, -0.05) is 59.6 Å². The molecule has 0 fully saturated rings. The summed E-state index contributed by atoms with van der Waals surface area (Å²) in [6.07, 6.45) is 1.49. The number of anilines is 1. The Morgan fingerprint density at radius 2 is 1.90 bits per heavy atom. The largest absolute Gasteiger partial charge is 0.487 e. The number of carbonyl (C=O) groups is 1. The van der Waals surface area contributed by atoms with Crippen molar-refractivity contribution in [1.29, 1.82) is 5.26 Å². The maximum absolute atomic E-state index is 12.5. The monoisotopic (exact) mass is 436 g/mol. The number of amides is 1. The fourth-order valence-corrected chi connectivity index (χ4v) is 3.19. The van der Waals surface area contributed by atoms with Crippen LogP contribution in [0, 0.1) is 18.3 Å². The number of para-hydroxylation sites is 1.